The fourth-order valence-electron chi connectivity index (χ4n) is 4.00. The number of carbonyl (C=O) groups is 1. The molecule has 0 radical (unpaired) electrons. The molecular weight excluding hydrogens is 404 g/mol. The molecule has 3 N–H and O–H groups in total. The predicted octanol–water partition coefficient (Wildman–Crippen LogP) is 2.55. The molecule has 1 aliphatic rings. The highest BCUT2D eigenvalue weighted by Crippen LogP contribution is 2.20. The third kappa shape index (κ3) is 3.52. The smallest absolute Gasteiger partial charge is 0.253 e. The normalized spacial score (nSPS) is 14.3. The van der Waals surface area contributed by atoms with Crippen LogP contribution in [0.3, 0.4) is 0 Å². The molecule has 5 rings (SSSR count). The highest BCUT2D eigenvalue weighted by atomic mass is 16.2. The minimum atomic E-state index is -0.00541. The number of hydrogen-bond donors (Lipinski definition) is 2. The Hall–Kier alpha value is -4.32. The van der Waals surface area contributed by atoms with Crippen molar-refractivity contribution >= 4 is 28.7 Å². The Morgan fingerprint density at radius 3 is 2.62 bits per heavy atom. The van der Waals surface area contributed by atoms with Crippen LogP contribution in [-0.2, 0) is 0 Å². The van der Waals surface area contributed by atoms with E-state index in [0.717, 1.165) is 29.9 Å². The number of nitrogens with two attached hydrogens (primary N) is 1. The lowest BCUT2D eigenvalue weighted by Crippen LogP contribution is -2.35. The molecule has 0 aliphatic carbocycles. The zero-order valence-electron chi connectivity index (χ0n) is 17.4. The Morgan fingerprint density at radius 2 is 1.88 bits per heavy atom. The molecule has 32 heavy (non-hydrogen) atoms. The Morgan fingerprint density at radius 1 is 1.06 bits per heavy atom. The largest absolute Gasteiger partial charge is 0.382 e. The molecule has 160 valence electrons. The number of nitrogens with zero attached hydrogens (tertiary/aromatic N) is 6. The van der Waals surface area contributed by atoms with Crippen LogP contribution in [0.4, 0.5) is 11.8 Å². The lowest BCUT2D eigenvalue weighted by molar-refractivity contribution is 0.0767. The minimum Gasteiger partial charge on any atom is -0.382 e. The van der Waals surface area contributed by atoms with Crippen molar-refractivity contribution in [3.8, 4) is 11.8 Å². The molecule has 1 fully saturated rings. The summed E-state index contributed by atoms with van der Waals surface area (Å²) in [6.07, 6.45) is 2.29. The van der Waals surface area contributed by atoms with Crippen molar-refractivity contribution in [3.05, 3.63) is 65.9 Å². The van der Waals surface area contributed by atoms with Gasteiger partial charge in [-0.1, -0.05) is 12.1 Å². The topological polar surface area (TPSA) is 120 Å². The van der Waals surface area contributed by atoms with E-state index in [4.69, 9.17) is 11.0 Å². The number of H-pyrrole nitrogens is 1. The van der Waals surface area contributed by atoms with Gasteiger partial charge in [0.15, 0.2) is 0 Å². The first-order valence-electron chi connectivity index (χ1n) is 10.5. The van der Waals surface area contributed by atoms with Gasteiger partial charge in [0.2, 0.25) is 5.95 Å². The number of imidazole rings is 1. The fourth-order valence-corrected chi connectivity index (χ4v) is 4.00. The summed E-state index contributed by atoms with van der Waals surface area (Å²) < 4.78 is 1.49. The average Bonchev–Trinajstić information content (AvgIpc) is 3.33. The van der Waals surface area contributed by atoms with Crippen molar-refractivity contribution in [2.45, 2.75) is 6.42 Å². The van der Waals surface area contributed by atoms with Gasteiger partial charge in [0.25, 0.3) is 5.91 Å². The van der Waals surface area contributed by atoms with Crippen LogP contribution in [0.2, 0.25) is 0 Å². The van der Waals surface area contributed by atoms with Crippen molar-refractivity contribution < 1.29 is 4.79 Å². The predicted molar refractivity (Wildman–Crippen MR) is 122 cm³/mol. The van der Waals surface area contributed by atoms with Gasteiger partial charge in [-0.15, -0.1) is 0 Å². The second kappa shape index (κ2) is 8.07. The van der Waals surface area contributed by atoms with Crippen LogP contribution in [0.5, 0.6) is 0 Å². The number of anilines is 2. The molecule has 4 aromatic rings. The molecule has 1 amide bonds. The summed E-state index contributed by atoms with van der Waals surface area (Å²) >= 11 is 0. The van der Waals surface area contributed by atoms with Crippen LogP contribution in [-0.4, -0.2) is 56.7 Å². The van der Waals surface area contributed by atoms with Crippen molar-refractivity contribution in [1.82, 2.24) is 24.6 Å². The molecule has 0 saturated carbocycles. The summed E-state index contributed by atoms with van der Waals surface area (Å²) in [6.45, 7) is 2.86. The van der Waals surface area contributed by atoms with Gasteiger partial charge in [0, 0.05) is 31.7 Å². The first kappa shape index (κ1) is 19.6. The molecule has 1 saturated heterocycles. The lowest BCUT2D eigenvalue weighted by Gasteiger charge is -2.22. The SMILES string of the molecule is N#Cc1cnn(-c2ccc(C(=O)N3CCCN(c4nc5ccccc5[nH]4)CC3)cc2)c1N. The molecule has 0 bridgehead atoms. The number of nitriles is 1. The van der Waals surface area contributed by atoms with E-state index < -0.39 is 0 Å². The molecule has 0 unspecified atom stereocenters. The maximum Gasteiger partial charge on any atom is 0.253 e. The number of rotatable bonds is 3. The van der Waals surface area contributed by atoms with Gasteiger partial charge in [0.05, 0.1) is 22.9 Å². The van der Waals surface area contributed by atoms with Crippen molar-refractivity contribution in [2.75, 3.05) is 36.8 Å². The molecular formula is C23H22N8O. The van der Waals surface area contributed by atoms with Crippen molar-refractivity contribution in [3.63, 3.8) is 0 Å². The molecule has 9 nitrogen and oxygen atoms in total. The fraction of sp³-hybridized carbons (Fsp3) is 0.217. The zero-order chi connectivity index (χ0) is 22.1. The van der Waals surface area contributed by atoms with Gasteiger partial charge < -0.3 is 20.5 Å². The third-order valence-corrected chi connectivity index (χ3v) is 5.75. The lowest BCUT2D eigenvalue weighted by atomic mass is 10.1. The molecule has 0 spiro atoms. The number of carbonyl (C=O) groups excluding carboxylic acids is 1. The molecule has 0 atom stereocenters. The zero-order valence-corrected chi connectivity index (χ0v) is 17.4. The van der Waals surface area contributed by atoms with E-state index in [-0.39, 0.29) is 11.7 Å². The maximum atomic E-state index is 13.1. The van der Waals surface area contributed by atoms with Crippen LogP contribution in [0.25, 0.3) is 16.7 Å². The van der Waals surface area contributed by atoms with Crippen LogP contribution < -0.4 is 10.6 Å². The number of nitrogen functional groups attached to an aromatic ring is 1. The minimum absolute atomic E-state index is 0.00541. The van der Waals surface area contributed by atoms with Gasteiger partial charge in [-0.3, -0.25) is 4.79 Å². The summed E-state index contributed by atoms with van der Waals surface area (Å²) in [5, 5.41) is 13.2. The quantitative estimate of drug-likeness (QED) is 0.519. The number of fused-ring (bicyclic) bond motifs is 1. The average molecular weight is 426 g/mol. The maximum absolute atomic E-state index is 13.1. The summed E-state index contributed by atoms with van der Waals surface area (Å²) in [7, 11) is 0. The van der Waals surface area contributed by atoms with E-state index in [1.54, 1.807) is 24.3 Å². The van der Waals surface area contributed by atoms with Crippen molar-refractivity contribution in [1.29, 1.82) is 5.26 Å². The molecule has 9 heteroatoms. The number of aromatic nitrogens is 4. The number of amides is 1. The van der Waals surface area contributed by atoms with Gasteiger partial charge in [-0.25, -0.2) is 9.67 Å². The van der Waals surface area contributed by atoms with E-state index in [0.29, 0.717) is 36.4 Å². The summed E-state index contributed by atoms with van der Waals surface area (Å²) in [4.78, 5) is 25.2. The Balaban J connectivity index is 1.28. The first-order valence-corrected chi connectivity index (χ1v) is 10.5. The Labute approximate surface area is 184 Å². The van der Waals surface area contributed by atoms with E-state index in [1.165, 1.54) is 10.9 Å². The number of para-hydroxylation sites is 2. The second-order valence-electron chi connectivity index (χ2n) is 7.72. The van der Waals surface area contributed by atoms with Crippen LogP contribution in [0, 0.1) is 11.3 Å². The second-order valence-corrected chi connectivity index (χ2v) is 7.72. The number of hydrogen-bond acceptors (Lipinski definition) is 6. The number of benzene rings is 2. The number of aromatic amines is 1. The van der Waals surface area contributed by atoms with E-state index >= 15 is 0 Å². The molecule has 1 aliphatic heterocycles. The van der Waals surface area contributed by atoms with E-state index in [9.17, 15) is 4.79 Å². The Kier molecular flexibility index (Phi) is 4.95. The number of nitrogens with one attached hydrogen (secondary N) is 1. The van der Waals surface area contributed by atoms with Crippen LogP contribution in [0.15, 0.2) is 54.7 Å². The molecule has 3 heterocycles. The molecule has 2 aromatic heterocycles. The third-order valence-electron chi connectivity index (χ3n) is 5.75. The van der Waals surface area contributed by atoms with Gasteiger partial charge in [0.1, 0.15) is 17.5 Å². The first-order chi connectivity index (χ1) is 15.6. The Bertz CT molecular complexity index is 1280. The highest BCUT2D eigenvalue weighted by molar-refractivity contribution is 5.94. The van der Waals surface area contributed by atoms with E-state index in [1.807, 2.05) is 35.2 Å². The monoisotopic (exact) mass is 426 g/mol. The van der Waals surface area contributed by atoms with Crippen LogP contribution >= 0.6 is 0 Å². The van der Waals surface area contributed by atoms with E-state index in [2.05, 4.69) is 20.0 Å². The van der Waals surface area contributed by atoms with Crippen molar-refractivity contribution in [2.24, 2.45) is 0 Å². The summed E-state index contributed by atoms with van der Waals surface area (Å²) in [6, 6.07) is 17.1. The summed E-state index contributed by atoms with van der Waals surface area (Å²) in [5.74, 6) is 1.12. The highest BCUT2D eigenvalue weighted by Gasteiger charge is 2.22. The van der Waals surface area contributed by atoms with Gasteiger partial charge >= 0.3 is 0 Å². The molecule has 2 aromatic carbocycles. The van der Waals surface area contributed by atoms with Crippen LogP contribution in [0.1, 0.15) is 22.3 Å². The standard InChI is InChI=1S/C23H22N8O/c24-14-17-15-26-31(21(17)25)18-8-6-16(7-9-18)22(32)29-10-3-11-30(13-12-29)23-27-19-4-1-2-5-20(19)28-23/h1-2,4-9,15H,3,10-13,25H2,(H,27,28). The van der Waals surface area contributed by atoms with Gasteiger partial charge in [-0.2, -0.15) is 10.4 Å². The summed E-state index contributed by atoms with van der Waals surface area (Å²) in [5.41, 5.74) is 9.54. The van der Waals surface area contributed by atoms with Gasteiger partial charge in [-0.05, 0) is 42.8 Å².